The number of rotatable bonds is 7. The van der Waals surface area contributed by atoms with Crippen LogP contribution in [0.4, 0.5) is 5.13 Å². The molecule has 6 nitrogen and oxygen atoms in total. The Kier molecular flexibility index (Phi) is 6.47. The Labute approximate surface area is 180 Å². The minimum Gasteiger partial charge on any atom is -0.444 e. The molecule has 8 heteroatoms. The van der Waals surface area contributed by atoms with Crippen LogP contribution in [0.1, 0.15) is 40.8 Å². The minimum absolute atomic E-state index is 0.655. The molecule has 1 N–H and O–H groups in total. The van der Waals surface area contributed by atoms with Gasteiger partial charge in [0.1, 0.15) is 10.8 Å². The number of nitrogens with zero attached hydrogens (tertiary/aromatic N) is 4. The number of anilines is 1. The zero-order valence-electron chi connectivity index (χ0n) is 16.8. The second-order valence-corrected chi connectivity index (χ2v) is 9.15. The third kappa shape index (κ3) is 5.56. The fourth-order valence-electron chi connectivity index (χ4n) is 3.55. The first kappa shape index (κ1) is 20.3. The third-order valence-corrected chi connectivity index (χ3v) is 6.55. The summed E-state index contributed by atoms with van der Waals surface area (Å²) in [6.07, 6.45) is 3.12. The van der Waals surface area contributed by atoms with E-state index in [1.165, 1.54) is 18.4 Å². The largest absolute Gasteiger partial charge is 0.444 e. The molecule has 0 unspecified atom stereocenters. The lowest BCUT2D eigenvalue weighted by Crippen LogP contribution is -2.35. The van der Waals surface area contributed by atoms with E-state index in [9.17, 15) is 0 Å². The van der Waals surface area contributed by atoms with Crippen molar-refractivity contribution in [1.29, 1.82) is 0 Å². The summed E-state index contributed by atoms with van der Waals surface area (Å²) in [5.41, 5.74) is 2.19. The number of aryl methyl sites for hydroxylation is 2. The molecule has 0 saturated carbocycles. The van der Waals surface area contributed by atoms with Gasteiger partial charge in [0.25, 0.3) is 0 Å². The van der Waals surface area contributed by atoms with Crippen LogP contribution >= 0.6 is 22.9 Å². The predicted octanol–water partition coefficient (Wildman–Crippen LogP) is 4.71. The number of benzene rings is 1. The molecular weight excluding hydrogens is 406 g/mol. The lowest BCUT2D eigenvalue weighted by atomic mass is 9.97. The second kappa shape index (κ2) is 9.24. The fourth-order valence-corrected chi connectivity index (χ4v) is 4.46. The molecule has 1 fully saturated rings. The standard InChI is InChI=1S/C21H26ClN5OS/c1-14-15(2)28-19(24-14)13-27-9-7-17(8-10-27)12-23-21-26-25-20(29-21)11-16-3-5-18(22)6-4-16/h3-6,17H,7-13H2,1-2H3,(H,23,26). The molecule has 1 aliphatic heterocycles. The zero-order chi connectivity index (χ0) is 20.2. The average Bonchev–Trinajstić information content (AvgIpc) is 3.29. The Morgan fingerprint density at radius 3 is 2.62 bits per heavy atom. The highest BCUT2D eigenvalue weighted by Gasteiger charge is 2.21. The molecule has 1 aromatic carbocycles. The van der Waals surface area contributed by atoms with Gasteiger partial charge in [-0.1, -0.05) is 35.1 Å². The number of likely N-dealkylation sites (tertiary alicyclic amines) is 1. The molecule has 0 spiro atoms. The van der Waals surface area contributed by atoms with Crippen molar-refractivity contribution in [2.75, 3.05) is 25.0 Å². The number of hydrogen-bond acceptors (Lipinski definition) is 7. The third-order valence-electron chi connectivity index (χ3n) is 5.42. The average molecular weight is 432 g/mol. The van der Waals surface area contributed by atoms with Crippen LogP contribution in [-0.4, -0.2) is 39.7 Å². The molecule has 1 aliphatic rings. The van der Waals surface area contributed by atoms with Gasteiger partial charge in [0.2, 0.25) is 11.0 Å². The Bertz CT molecular complexity index is 911. The first-order valence-corrected chi connectivity index (χ1v) is 11.2. The molecule has 29 heavy (non-hydrogen) atoms. The molecule has 3 aromatic rings. The zero-order valence-corrected chi connectivity index (χ0v) is 18.4. The highest BCUT2D eigenvalue weighted by Crippen LogP contribution is 2.23. The number of oxazole rings is 1. The molecule has 0 bridgehead atoms. The van der Waals surface area contributed by atoms with Gasteiger partial charge in [-0.3, -0.25) is 4.90 Å². The first-order valence-electron chi connectivity index (χ1n) is 10.0. The highest BCUT2D eigenvalue weighted by atomic mass is 35.5. The van der Waals surface area contributed by atoms with Gasteiger partial charge in [-0.15, -0.1) is 10.2 Å². The molecule has 3 heterocycles. The number of hydrogen-bond donors (Lipinski definition) is 1. The summed E-state index contributed by atoms with van der Waals surface area (Å²) in [4.78, 5) is 6.92. The molecule has 154 valence electrons. The van der Waals surface area contributed by atoms with Gasteiger partial charge >= 0.3 is 0 Å². The summed E-state index contributed by atoms with van der Waals surface area (Å²) in [7, 11) is 0. The fraction of sp³-hybridized carbons (Fsp3) is 0.476. The predicted molar refractivity (Wildman–Crippen MR) is 117 cm³/mol. The Morgan fingerprint density at radius 2 is 1.93 bits per heavy atom. The van der Waals surface area contributed by atoms with Crippen molar-refractivity contribution < 1.29 is 4.42 Å². The van der Waals surface area contributed by atoms with Gasteiger partial charge in [0.15, 0.2) is 0 Å². The van der Waals surface area contributed by atoms with E-state index in [-0.39, 0.29) is 0 Å². The number of halogens is 1. The molecule has 0 amide bonds. The van der Waals surface area contributed by atoms with Crippen LogP contribution in [0.2, 0.25) is 5.02 Å². The first-order chi connectivity index (χ1) is 14.0. The van der Waals surface area contributed by atoms with Gasteiger partial charge in [-0.25, -0.2) is 4.98 Å². The molecule has 2 aromatic heterocycles. The number of piperidine rings is 1. The van der Waals surface area contributed by atoms with Gasteiger partial charge in [0.05, 0.1) is 12.2 Å². The lowest BCUT2D eigenvalue weighted by molar-refractivity contribution is 0.167. The van der Waals surface area contributed by atoms with E-state index in [1.807, 2.05) is 38.1 Å². The van der Waals surface area contributed by atoms with Gasteiger partial charge < -0.3 is 9.73 Å². The second-order valence-electron chi connectivity index (χ2n) is 7.65. The monoisotopic (exact) mass is 431 g/mol. The molecule has 0 aliphatic carbocycles. The highest BCUT2D eigenvalue weighted by molar-refractivity contribution is 7.15. The van der Waals surface area contributed by atoms with E-state index in [0.717, 1.165) is 65.1 Å². The molecule has 0 atom stereocenters. The van der Waals surface area contributed by atoms with Gasteiger partial charge in [0, 0.05) is 18.0 Å². The van der Waals surface area contributed by atoms with E-state index < -0.39 is 0 Å². The summed E-state index contributed by atoms with van der Waals surface area (Å²) in [6, 6.07) is 7.89. The lowest BCUT2D eigenvalue weighted by Gasteiger charge is -2.31. The van der Waals surface area contributed by atoms with Crippen molar-refractivity contribution in [3.63, 3.8) is 0 Å². The summed E-state index contributed by atoms with van der Waals surface area (Å²) in [5.74, 6) is 2.41. The van der Waals surface area contributed by atoms with E-state index in [0.29, 0.717) is 5.92 Å². The van der Waals surface area contributed by atoms with Crippen LogP contribution in [0.3, 0.4) is 0 Å². The molecular formula is C21H26ClN5OS. The van der Waals surface area contributed by atoms with Crippen molar-refractivity contribution in [2.24, 2.45) is 5.92 Å². The summed E-state index contributed by atoms with van der Waals surface area (Å²) in [6.45, 7) is 7.86. The van der Waals surface area contributed by atoms with Crippen molar-refractivity contribution >= 4 is 28.1 Å². The Morgan fingerprint density at radius 1 is 1.17 bits per heavy atom. The Balaban J connectivity index is 1.20. The van der Waals surface area contributed by atoms with Crippen LogP contribution < -0.4 is 5.32 Å². The minimum atomic E-state index is 0.655. The SMILES string of the molecule is Cc1nc(CN2CCC(CNc3nnc(Cc4ccc(Cl)cc4)s3)CC2)oc1C. The Hall–Kier alpha value is -1.96. The normalized spacial score (nSPS) is 15.7. The smallest absolute Gasteiger partial charge is 0.208 e. The van der Waals surface area contributed by atoms with Crippen LogP contribution in [-0.2, 0) is 13.0 Å². The van der Waals surface area contributed by atoms with Gasteiger partial charge in [-0.2, -0.15) is 0 Å². The summed E-state index contributed by atoms with van der Waals surface area (Å²) < 4.78 is 5.71. The van der Waals surface area contributed by atoms with E-state index in [4.69, 9.17) is 16.0 Å². The maximum atomic E-state index is 5.94. The number of nitrogens with one attached hydrogen (secondary N) is 1. The van der Waals surface area contributed by atoms with E-state index in [1.54, 1.807) is 11.3 Å². The van der Waals surface area contributed by atoms with Crippen LogP contribution in [0.25, 0.3) is 0 Å². The summed E-state index contributed by atoms with van der Waals surface area (Å²) >= 11 is 7.57. The van der Waals surface area contributed by atoms with Crippen LogP contribution in [0.15, 0.2) is 28.7 Å². The number of aromatic nitrogens is 3. The van der Waals surface area contributed by atoms with E-state index >= 15 is 0 Å². The topological polar surface area (TPSA) is 67.1 Å². The molecule has 0 radical (unpaired) electrons. The molecule has 4 rings (SSSR count). The maximum Gasteiger partial charge on any atom is 0.208 e. The van der Waals surface area contributed by atoms with E-state index in [2.05, 4.69) is 25.4 Å². The van der Waals surface area contributed by atoms with Crippen molar-refractivity contribution in [2.45, 2.75) is 39.7 Å². The van der Waals surface area contributed by atoms with Crippen molar-refractivity contribution in [3.8, 4) is 0 Å². The molecule has 1 saturated heterocycles. The van der Waals surface area contributed by atoms with Crippen LogP contribution in [0.5, 0.6) is 0 Å². The van der Waals surface area contributed by atoms with Crippen LogP contribution in [0, 0.1) is 19.8 Å². The summed E-state index contributed by atoms with van der Waals surface area (Å²) in [5, 5.41) is 14.8. The van der Waals surface area contributed by atoms with Crippen molar-refractivity contribution in [1.82, 2.24) is 20.1 Å². The quantitative estimate of drug-likeness (QED) is 0.584. The van der Waals surface area contributed by atoms with Crippen molar-refractivity contribution in [3.05, 3.63) is 57.2 Å². The maximum absolute atomic E-state index is 5.94. The van der Waals surface area contributed by atoms with Gasteiger partial charge in [-0.05, 0) is 63.4 Å².